The fraction of sp³-hybridized carbons (Fsp3) is 0.857. The van der Waals surface area contributed by atoms with Gasteiger partial charge in [-0.3, -0.25) is 9.59 Å². The van der Waals surface area contributed by atoms with E-state index in [9.17, 15) is 14.7 Å². The highest BCUT2D eigenvalue weighted by atomic mass is 127. The third kappa shape index (κ3) is 7.25. The predicted octanol–water partition coefficient (Wildman–Crippen LogP) is 2.96. The molecule has 0 spiro atoms. The summed E-state index contributed by atoms with van der Waals surface area (Å²) in [6, 6.07) is 0. The van der Waals surface area contributed by atoms with Gasteiger partial charge >= 0.3 is 0 Å². The molecule has 19 heavy (non-hydrogen) atoms. The quantitative estimate of drug-likeness (QED) is 0.250. The van der Waals surface area contributed by atoms with Gasteiger partial charge in [0.2, 0.25) is 9.39 Å². The second-order valence-corrected chi connectivity index (χ2v) is 5.84. The van der Waals surface area contributed by atoms with E-state index in [2.05, 4.69) is 12.2 Å². The SMILES string of the molecule is CCCCCCCCCNC(=O)C(O)(CC)C(=O)I. The summed E-state index contributed by atoms with van der Waals surface area (Å²) >= 11 is 1.47. The van der Waals surface area contributed by atoms with Crippen LogP contribution in [0.4, 0.5) is 0 Å². The highest BCUT2D eigenvalue weighted by Crippen LogP contribution is 2.16. The zero-order valence-electron chi connectivity index (χ0n) is 12.0. The summed E-state index contributed by atoms with van der Waals surface area (Å²) in [5.41, 5.74) is -1.86. The third-order valence-electron chi connectivity index (χ3n) is 3.28. The Morgan fingerprint density at radius 1 is 1.05 bits per heavy atom. The van der Waals surface area contributed by atoms with Crippen molar-refractivity contribution in [3.8, 4) is 0 Å². The number of carbonyl (C=O) groups is 2. The molecule has 0 aliphatic carbocycles. The minimum atomic E-state index is -1.86. The molecule has 0 bridgehead atoms. The molecule has 0 radical (unpaired) electrons. The molecule has 0 heterocycles. The minimum Gasteiger partial charge on any atom is -0.372 e. The first kappa shape index (κ1) is 18.8. The number of halogens is 1. The van der Waals surface area contributed by atoms with E-state index in [0.29, 0.717) is 6.54 Å². The fourth-order valence-corrected chi connectivity index (χ4v) is 2.45. The summed E-state index contributed by atoms with van der Waals surface area (Å²) in [4.78, 5) is 23.0. The third-order valence-corrected chi connectivity index (χ3v) is 4.17. The van der Waals surface area contributed by atoms with Crippen LogP contribution in [0.3, 0.4) is 0 Å². The first-order chi connectivity index (χ1) is 8.99. The van der Waals surface area contributed by atoms with E-state index in [-0.39, 0.29) is 6.42 Å². The molecule has 0 aromatic rings. The van der Waals surface area contributed by atoms with Crippen molar-refractivity contribution in [3.05, 3.63) is 0 Å². The van der Waals surface area contributed by atoms with Crippen molar-refractivity contribution in [3.63, 3.8) is 0 Å². The van der Waals surface area contributed by atoms with Crippen LogP contribution in [0.2, 0.25) is 0 Å². The van der Waals surface area contributed by atoms with Crippen LogP contribution in [0.15, 0.2) is 0 Å². The van der Waals surface area contributed by atoms with Crippen LogP contribution in [-0.2, 0) is 9.59 Å². The molecule has 0 aromatic carbocycles. The topological polar surface area (TPSA) is 66.4 Å². The lowest BCUT2D eigenvalue weighted by molar-refractivity contribution is -0.146. The summed E-state index contributed by atoms with van der Waals surface area (Å²) in [5.74, 6) is -0.569. The lowest BCUT2D eigenvalue weighted by Gasteiger charge is -2.21. The number of aliphatic hydroxyl groups is 1. The largest absolute Gasteiger partial charge is 0.372 e. The van der Waals surface area contributed by atoms with Crippen molar-refractivity contribution in [1.29, 1.82) is 0 Å². The Labute approximate surface area is 129 Å². The Hall–Kier alpha value is -0.170. The van der Waals surface area contributed by atoms with Crippen LogP contribution < -0.4 is 5.32 Å². The summed E-state index contributed by atoms with van der Waals surface area (Å²) in [6.45, 7) is 4.35. The highest BCUT2D eigenvalue weighted by Gasteiger charge is 2.40. The maximum absolute atomic E-state index is 11.7. The number of carbonyl (C=O) groups excluding carboxylic acids is 2. The Kier molecular flexibility index (Phi) is 10.5. The molecule has 1 atom stereocenters. The van der Waals surface area contributed by atoms with Crippen LogP contribution in [-0.4, -0.2) is 26.9 Å². The average molecular weight is 383 g/mol. The lowest BCUT2D eigenvalue weighted by Crippen LogP contribution is -2.50. The van der Waals surface area contributed by atoms with Gasteiger partial charge in [-0.25, -0.2) is 0 Å². The molecule has 1 amide bonds. The van der Waals surface area contributed by atoms with E-state index in [1.807, 2.05) is 0 Å². The first-order valence-electron chi connectivity index (χ1n) is 7.19. The molecule has 5 heteroatoms. The smallest absolute Gasteiger partial charge is 0.260 e. The maximum Gasteiger partial charge on any atom is 0.260 e. The normalized spacial score (nSPS) is 13.9. The van der Waals surface area contributed by atoms with E-state index in [1.165, 1.54) is 54.7 Å². The Bertz CT molecular complexity index is 284. The van der Waals surface area contributed by atoms with Gasteiger partial charge in [-0.1, -0.05) is 52.4 Å². The number of hydrogen-bond acceptors (Lipinski definition) is 3. The van der Waals surface area contributed by atoms with Crippen LogP contribution in [0.25, 0.3) is 0 Å². The first-order valence-corrected chi connectivity index (χ1v) is 8.27. The van der Waals surface area contributed by atoms with Crippen LogP contribution in [0.5, 0.6) is 0 Å². The molecular formula is C14H26INO3. The lowest BCUT2D eigenvalue weighted by atomic mass is 10.0. The summed E-state index contributed by atoms with van der Waals surface area (Å²) in [5, 5.41) is 12.5. The van der Waals surface area contributed by atoms with E-state index < -0.39 is 15.3 Å². The molecule has 1 unspecified atom stereocenters. The molecule has 0 saturated heterocycles. The molecule has 0 saturated carbocycles. The highest BCUT2D eigenvalue weighted by molar-refractivity contribution is 14.1. The molecule has 4 nitrogen and oxygen atoms in total. The van der Waals surface area contributed by atoms with E-state index in [4.69, 9.17) is 0 Å². The molecular weight excluding hydrogens is 357 g/mol. The van der Waals surface area contributed by atoms with Crippen LogP contribution >= 0.6 is 22.6 Å². The monoisotopic (exact) mass is 383 g/mol. The van der Waals surface area contributed by atoms with Crippen molar-refractivity contribution in [2.75, 3.05) is 6.54 Å². The van der Waals surface area contributed by atoms with Crippen LogP contribution in [0.1, 0.15) is 65.2 Å². The Morgan fingerprint density at radius 3 is 2.05 bits per heavy atom. The number of nitrogens with one attached hydrogen (secondary N) is 1. The predicted molar refractivity (Wildman–Crippen MR) is 85.3 cm³/mol. The maximum atomic E-state index is 11.7. The molecule has 0 aliphatic heterocycles. The van der Waals surface area contributed by atoms with Gasteiger partial charge in [-0.2, -0.15) is 0 Å². The molecule has 0 aromatic heterocycles. The van der Waals surface area contributed by atoms with Gasteiger partial charge in [-0.15, -0.1) is 0 Å². The van der Waals surface area contributed by atoms with E-state index in [1.54, 1.807) is 6.92 Å². The summed E-state index contributed by atoms with van der Waals surface area (Å²) in [6.07, 6.45) is 8.32. The zero-order valence-corrected chi connectivity index (χ0v) is 14.2. The van der Waals surface area contributed by atoms with Crippen LogP contribution in [0, 0.1) is 0 Å². The van der Waals surface area contributed by atoms with Crippen molar-refractivity contribution < 1.29 is 14.7 Å². The van der Waals surface area contributed by atoms with Gasteiger partial charge in [0, 0.05) is 29.1 Å². The summed E-state index contributed by atoms with van der Waals surface area (Å²) < 4.78 is -0.523. The van der Waals surface area contributed by atoms with Crippen molar-refractivity contribution in [1.82, 2.24) is 5.32 Å². The minimum absolute atomic E-state index is 0.109. The molecule has 0 aliphatic rings. The second-order valence-electron chi connectivity index (χ2n) is 4.86. The van der Waals surface area contributed by atoms with E-state index >= 15 is 0 Å². The molecule has 0 rings (SSSR count). The Morgan fingerprint density at radius 2 is 1.58 bits per heavy atom. The van der Waals surface area contributed by atoms with Gasteiger partial charge in [0.15, 0.2) is 0 Å². The second kappa shape index (κ2) is 10.6. The fourth-order valence-electron chi connectivity index (χ4n) is 1.82. The molecule has 2 N–H and O–H groups in total. The van der Waals surface area contributed by atoms with Gasteiger partial charge in [0.05, 0.1) is 0 Å². The van der Waals surface area contributed by atoms with Gasteiger partial charge in [0.25, 0.3) is 5.91 Å². The van der Waals surface area contributed by atoms with E-state index in [0.717, 1.165) is 12.8 Å². The standard InChI is InChI=1S/C14H26INO3/c1-3-5-6-7-8-9-10-11-16-13(18)14(19,4-2)12(15)17/h19H,3-11H2,1-2H3,(H,16,18). The average Bonchev–Trinajstić information content (AvgIpc) is 2.40. The molecule has 112 valence electrons. The number of unbranched alkanes of at least 4 members (excludes halogenated alkanes) is 6. The zero-order chi connectivity index (χ0) is 14.7. The van der Waals surface area contributed by atoms with Gasteiger partial charge in [0.1, 0.15) is 0 Å². The summed E-state index contributed by atoms with van der Waals surface area (Å²) in [7, 11) is 0. The number of hydrogen-bond donors (Lipinski definition) is 2. The van der Waals surface area contributed by atoms with Gasteiger partial charge < -0.3 is 10.4 Å². The van der Waals surface area contributed by atoms with Crippen molar-refractivity contribution in [2.24, 2.45) is 0 Å². The van der Waals surface area contributed by atoms with Crippen molar-refractivity contribution in [2.45, 2.75) is 70.8 Å². The van der Waals surface area contributed by atoms with Gasteiger partial charge in [-0.05, 0) is 12.8 Å². The van der Waals surface area contributed by atoms with Crippen molar-refractivity contribution >= 4 is 32.3 Å². The molecule has 0 fully saturated rings. The Balaban J connectivity index is 3.71. The number of amides is 1. The number of rotatable bonds is 11.